The van der Waals surface area contributed by atoms with Crippen molar-refractivity contribution in [3.63, 3.8) is 0 Å². The maximum atomic E-state index is 13.4. The number of benzene rings is 1. The summed E-state index contributed by atoms with van der Waals surface area (Å²) in [5, 5.41) is 0.495. The lowest BCUT2D eigenvalue weighted by atomic mass is 9.98. The minimum atomic E-state index is -0.280. The summed E-state index contributed by atoms with van der Waals surface area (Å²) >= 11 is 3.40. The Labute approximate surface area is 188 Å². The van der Waals surface area contributed by atoms with Gasteiger partial charge in [0.05, 0.1) is 34.4 Å². The summed E-state index contributed by atoms with van der Waals surface area (Å²) in [5.41, 5.74) is 5.51. The zero-order valence-corrected chi connectivity index (χ0v) is 19.4. The van der Waals surface area contributed by atoms with E-state index in [1.54, 1.807) is 18.3 Å². The average Bonchev–Trinajstić information content (AvgIpc) is 2.71. The first kappa shape index (κ1) is 21.1. The Morgan fingerprint density at radius 3 is 2.48 bits per heavy atom. The van der Waals surface area contributed by atoms with Crippen LogP contribution in [0.25, 0.3) is 10.9 Å². The Bertz CT molecular complexity index is 1410. The molecule has 0 N–H and O–H groups in total. The topological polar surface area (TPSA) is 64.8 Å². The van der Waals surface area contributed by atoms with Crippen LogP contribution in [-0.4, -0.2) is 20.3 Å². The van der Waals surface area contributed by atoms with E-state index in [2.05, 4.69) is 25.9 Å². The molecular formula is C25H22BrN3O2. The van der Waals surface area contributed by atoms with Crippen LogP contribution in [0.15, 0.2) is 58.1 Å². The van der Waals surface area contributed by atoms with Gasteiger partial charge in [-0.05, 0) is 79.0 Å². The molecule has 3 aromatic heterocycles. The smallest absolute Gasteiger partial charge is 0.200 e. The summed E-state index contributed by atoms with van der Waals surface area (Å²) < 4.78 is 2.63. The summed E-state index contributed by atoms with van der Waals surface area (Å²) in [6.07, 6.45) is 1.65. The lowest BCUT2D eigenvalue weighted by molar-refractivity contribution is 0.103. The van der Waals surface area contributed by atoms with Crippen LogP contribution in [0.3, 0.4) is 0 Å². The van der Waals surface area contributed by atoms with E-state index in [9.17, 15) is 9.59 Å². The van der Waals surface area contributed by atoms with Crippen LogP contribution in [0.1, 0.15) is 44.1 Å². The molecular weight excluding hydrogens is 454 g/mol. The predicted octanol–water partition coefficient (Wildman–Crippen LogP) is 5.07. The Morgan fingerprint density at radius 1 is 1.00 bits per heavy atom. The summed E-state index contributed by atoms with van der Waals surface area (Å²) in [5.74, 6) is -0.280. The van der Waals surface area contributed by atoms with Crippen LogP contribution in [-0.2, 0) is 6.54 Å². The molecule has 4 rings (SSSR count). The number of aromatic nitrogens is 3. The minimum absolute atomic E-state index is 0.149. The van der Waals surface area contributed by atoms with E-state index < -0.39 is 0 Å². The van der Waals surface area contributed by atoms with Crippen molar-refractivity contribution < 1.29 is 4.79 Å². The van der Waals surface area contributed by atoms with Gasteiger partial charge >= 0.3 is 0 Å². The number of hydrogen-bond donors (Lipinski definition) is 0. The standard InChI is InChI=1S/C25H22BrN3O2/c1-14-8-9-18(10-15(14)2)24(30)21-13-29(12-19-6-5-7-22(26)28-19)23-17(4)27-16(3)11-20(23)25(21)31/h5-11,13H,12H2,1-4H3. The summed E-state index contributed by atoms with van der Waals surface area (Å²) in [6.45, 7) is 8.10. The Balaban J connectivity index is 1.95. The lowest BCUT2D eigenvalue weighted by Crippen LogP contribution is -2.21. The molecule has 31 heavy (non-hydrogen) atoms. The van der Waals surface area contributed by atoms with Gasteiger partial charge in [-0.15, -0.1) is 0 Å². The van der Waals surface area contributed by atoms with E-state index in [4.69, 9.17) is 0 Å². The molecule has 0 radical (unpaired) electrons. The molecule has 0 amide bonds. The number of halogens is 1. The number of fused-ring (bicyclic) bond motifs is 1. The zero-order chi connectivity index (χ0) is 22.3. The highest BCUT2D eigenvalue weighted by Crippen LogP contribution is 2.20. The lowest BCUT2D eigenvalue weighted by Gasteiger charge is -2.15. The van der Waals surface area contributed by atoms with Gasteiger partial charge in [0.2, 0.25) is 5.43 Å². The number of hydrogen-bond acceptors (Lipinski definition) is 4. The van der Waals surface area contributed by atoms with Gasteiger partial charge in [0.25, 0.3) is 0 Å². The summed E-state index contributed by atoms with van der Waals surface area (Å²) in [4.78, 5) is 35.8. The van der Waals surface area contributed by atoms with Crippen molar-refractivity contribution in [2.45, 2.75) is 34.2 Å². The highest BCUT2D eigenvalue weighted by Gasteiger charge is 2.19. The molecule has 6 heteroatoms. The number of rotatable bonds is 4. The van der Waals surface area contributed by atoms with Crippen LogP contribution in [0.4, 0.5) is 0 Å². The molecule has 0 bridgehead atoms. The normalized spacial score (nSPS) is 11.1. The monoisotopic (exact) mass is 475 g/mol. The Morgan fingerprint density at radius 2 is 1.77 bits per heavy atom. The molecule has 0 atom stereocenters. The molecule has 3 heterocycles. The second-order valence-electron chi connectivity index (χ2n) is 7.82. The van der Waals surface area contributed by atoms with Crippen LogP contribution in [0.5, 0.6) is 0 Å². The molecule has 156 valence electrons. The van der Waals surface area contributed by atoms with Crippen molar-refractivity contribution in [2.75, 3.05) is 0 Å². The molecule has 0 spiro atoms. The van der Waals surface area contributed by atoms with Crippen molar-refractivity contribution in [1.29, 1.82) is 0 Å². The van der Waals surface area contributed by atoms with Gasteiger partial charge in [0.15, 0.2) is 5.78 Å². The highest BCUT2D eigenvalue weighted by molar-refractivity contribution is 9.10. The molecule has 0 aliphatic carbocycles. The average molecular weight is 476 g/mol. The second kappa shape index (κ2) is 8.19. The fraction of sp³-hybridized carbons (Fsp3) is 0.200. The fourth-order valence-electron chi connectivity index (χ4n) is 3.82. The quantitative estimate of drug-likeness (QED) is 0.305. The number of nitrogens with zero attached hydrogens (tertiary/aromatic N) is 3. The summed E-state index contributed by atoms with van der Waals surface area (Å²) in [7, 11) is 0. The van der Waals surface area contributed by atoms with Gasteiger partial charge < -0.3 is 4.57 Å². The first-order valence-electron chi connectivity index (χ1n) is 9.99. The Kier molecular flexibility index (Phi) is 5.58. The van der Waals surface area contributed by atoms with Gasteiger partial charge in [0.1, 0.15) is 4.60 Å². The van der Waals surface area contributed by atoms with Crippen LogP contribution >= 0.6 is 15.9 Å². The van der Waals surface area contributed by atoms with E-state index in [0.29, 0.717) is 23.0 Å². The molecule has 0 saturated heterocycles. The van der Waals surface area contributed by atoms with E-state index in [0.717, 1.165) is 32.8 Å². The Hall–Kier alpha value is -3.12. The number of carbonyl (C=O) groups is 1. The van der Waals surface area contributed by atoms with Gasteiger partial charge in [-0.1, -0.05) is 18.2 Å². The largest absolute Gasteiger partial charge is 0.339 e. The molecule has 0 aliphatic rings. The van der Waals surface area contributed by atoms with E-state index in [1.165, 1.54) is 0 Å². The second-order valence-corrected chi connectivity index (χ2v) is 8.64. The zero-order valence-electron chi connectivity index (χ0n) is 17.9. The van der Waals surface area contributed by atoms with E-state index in [1.807, 2.05) is 62.6 Å². The third-order valence-corrected chi connectivity index (χ3v) is 5.92. The van der Waals surface area contributed by atoms with Crippen molar-refractivity contribution in [3.8, 4) is 0 Å². The molecule has 5 nitrogen and oxygen atoms in total. The fourth-order valence-corrected chi connectivity index (χ4v) is 4.20. The molecule has 4 aromatic rings. The highest BCUT2D eigenvalue weighted by atomic mass is 79.9. The van der Waals surface area contributed by atoms with Crippen molar-refractivity contribution >= 4 is 32.6 Å². The number of pyridine rings is 3. The first-order valence-corrected chi connectivity index (χ1v) is 10.8. The molecule has 0 aliphatic heterocycles. The number of carbonyl (C=O) groups excluding carboxylic acids is 1. The van der Waals surface area contributed by atoms with Crippen molar-refractivity contribution in [3.05, 3.63) is 103 Å². The first-order chi connectivity index (χ1) is 14.7. The van der Waals surface area contributed by atoms with Gasteiger partial charge in [-0.25, -0.2) is 4.98 Å². The van der Waals surface area contributed by atoms with E-state index >= 15 is 0 Å². The SMILES string of the molecule is Cc1cc2c(=O)c(C(=O)c3ccc(C)c(C)c3)cn(Cc3cccc(Br)n3)c2c(C)n1. The van der Waals surface area contributed by atoms with Crippen molar-refractivity contribution in [1.82, 2.24) is 14.5 Å². The summed E-state index contributed by atoms with van der Waals surface area (Å²) in [6, 6.07) is 13.0. The molecule has 0 saturated carbocycles. The molecule has 0 unspecified atom stereocenters. The maximum absolute atomic E-state index is 13.4. The van der Waals surface area contributed by atoms with Crippen LogP contribution in [0, 0.1) is 27.7 Å². The molecule has 1 aromatic carbocycles. The third kappa shape index (κ3) is 4.08. The van der Waals surface area contributed by atoms with Gasteiger partial charge in [-0.3, -0.25) is 14.6 Å². The van der Waals surface area contributed by atoms with Crippen molar-refractivity contribution in [2.24, 2.45) is 0 Å². The minimum Gasteiger partial charge on any atom is -0.339 e. The number of ketones is 1. The maximum Gasteiger partial charge on any atom is 0.200 e. The molecule has 0 fully saturated rings. The number of aryl methyl sites for hydroxylation is 4. The van der Waals surface area contributed by atoms with Gasteiger partial charge in [0, 0.05) is 17.5 Å². The predicted molar refractivity (Wildman–Crippen MR) is 126 cm³/mol. The van der Waals surface area contributed by atoms with Gasteiger partial charge in [-0.2, -0.15) is 0 Å². The van der Waals surface area contributed by atoms with Crippen LogP contribution < -0.4 is 5.43 Å². The van der Waals surface area contributed by atoms with Crippen LogP contribution in [0.2, 0.25) is 0 Å². The third-order valence-electron chi connectivity index (χ3n) is 5.48. The van der Waals surface area contributed by atoms with E-state index in [-0.39, 0.29) is 16.8 Å².